The van der Waals surface area contributed by atoms with Crippen LogP contribution in [0.4, 0.5) is 5.69 Å². The van der Waals surface area contributed by atoms with Crippen LogP contribution in [0, 0.1) is 0 Å². The Kier molecular flexibility index (Phi) is 11.0. The van der Waals surface area contributed by atoms with Gasteiger partial charge in [-0.3, -0.25) is 9.59 Å². The Morgan fingerprint density at radius 2 is 1.71 bits per heavy atom. The zero-order valence-corrected chi connectivity index (χ0v) is 23.6. The lowest BCUT2D eigenvalue weighted by atomic mass is 9.99. The number of nitrogens with one attached hydrogen (secondary N) is 1. The highest BCUT2D eigenvalue weighted by atomic mass is 16.7. The maximum Gasteiger partial charge on any atom is 0.303 e. The molecule has 3 aromatic carbocycles. The number of aliphatic hydroxyl groups is 2. The van der Waals surface area contributed by atoms with Crippen molar-refractivity contribution in [2.45, 2.75) is 56.9 Å². The third kappa shape index (κ3) is 9.10. The van der Waals surface area contributed by atoms with Crippen molar-refractivity contribution in [1.82, 2.24) is 4.90 Å². The van der Waals surface area contributed by atoms with Crippen LogP contribution in [0.1, 0.15) is 66.4 Å². The fraction of sp³-hybridized carbons (Fsp3) is 0.375. The number of ether oxygens (including phenoxy) is 2. The van der Waals surface area contributed by atoms with Crippen LogP contribution in [0.3, 0.4) is 0 Å². The molecule has 0 aliphatic carbocycles. The van der Waals surface area contributed by atoms with Crippen LogP contribution in [0.2, 0.25) is 0 Å². The van der Waals surface area contributed by atoms with Crippen LogP contribution >= 0.6 is 0 Å². The third-order valence-electron chi connectivity index (χ3n) is 7.13. The Morgan fingerprint density at radius 3 is 2.38 bits per heavy atom. The molecule has 5 N–H and O–H groups in total. The summed E-state index contributed by atoms with van der Waals surface area (Å²) >= 11 is 0. The van der Waals surface area contributed by atoms with E-state index in [9.17, 15) is 24.9 Å². The van der Waals surface area contributed by atoms with Crippen molar-refractivity contribution in [3.63, 3.8) is 0 Å². The third-order valence-corrected chi connectivity index (χ3v) is 7.13. The minimum Gasteiger partial charge on any atom is -0.508 e. The van der Waals surface area contributed by atoms with E-state index in [4.69, 9.17) is 14.6 Å². The highest BCUT2D eigenvalue weighted by Gasteiger charge is 2.33. The molecule has 1 aliphatic rings. The number of benzene rings is 3. The van der Waals surface area contributed by atoms with Crippen molar-refractivity contribution >= 4 is 17.6 Å². The van der Waals surface area contributed by atoms with Gasteiger partial charge in [0, 0.05) is 43.6 Å². The summed E-state index contributed by atoms with van der Waals surface area (Å²) in [5.41, 5.74) is 3.74. The molecule has 0 unspecified atom stereocenters. The van der Waals surface area contributed by atoms with Crippen LogP contribution in [-0.4, -0.2) is 63.4 Å². The quantitative estimate of drug-likeness (QED) is 0.200. The lowest BCUT2D eigenvalue weighted by Crippen LogP contribution is -2.39. The lowest BCUT2D eigenvalue weighted by Gasteiger charge is -2.38. The normalized spacial score (nSPS) is 19.4. The molecule has 1 amide bonds. The first kappa shape index (κ1) is 31.1. The molecule has 4 atom stereocenters. The first-order chi connectivity index (χ1) is 20.2. The summed E-state index contributed by atoms with van der Waals surface area (Å²) in [5.74, 6) is -1.08. The summed E-state index contributed by atoms with van der Waals surface area (Å²) in [6.45, 7) is 0.811. The second-order valence-corrected chi connectivity index (χ2v) is 10.6. The van der Waals surface area contributed by atoms with Crippen molar-refractivity contribution in [3.05, 3.63) is 95.1 Å². The van der Waals surface area contributed by atoms with Crippen molar-refractivity contribution in [1.29, 1.82) is 0 Å². The maximum atomic E-state index is 12.2. The van der Waals surface area contributed by atoms with Gasteiger partial charge in [-0.2, -0.15) is 0 Å². The number of nitrogens with zero attached hydrogens (tertiary/aromatic N) is 1. The number of hydrogen-bond donors (Lipinski definition) is 5. The summed E-state index contributed by atoms with van der Waals surface area (Å²) in [4.78, 5) is 24.8. The zero-order chi connectivity index (χ0) is 30.1. The number of amides is 1. The van der Waals surface area contributed by atoms with E-state index in [1.165, 1.54) is 0 Å². The van der Waals surface area contributed by atoms with E-state index in [0.29, 0.717) is 30.8 Å². The Balaban J connectivity index is 1.44. The molecule has 10 nitrogen and oxygen atoms in total. The highest BCUT2D eigenvalue weighted by Crippen LogP contribution is 2.38. The fourth-order valence-electron chi connectivity index (χ4n) is 4.94. The lowest BCUT2D eigenvalue weighted by molar-refractivity contribution is -0.252. The predicted molar refractivity (Wildman–Crippen MR) is 156 cm³/mol. The molecule has 0 bridgehead atoms. The molecule has 0 saturated carbocycles. The Hall–Kier alpha value is -3.80. The standard InChI is InChI=1S/C32H38N2O8/c1-34(19-28(37)24-4-2-5-26(36)16-24)18-27-17-29(22-10-8-21(20-35)9-11-22)42-32(41-27)23-12-14-25(15-13-23)33-30(38)6-3-7-31(39)40/h2,4-5,8-16,27-29,32,35-37H,3,6-7,17-20H2,1H3,(H,33,38)(H,39,40)/t27-,28+,29+,32+/m0/s1. The van der Waals surface area contributed by atoms with E-state index in [1.807, 2.05) is 48.3 Å². The largest absolute Gasteiger partial charge is 0.508 e. The van der Waals surface area contributed by atoms with Crippen LogP contribution in [0.15, 0.2) is 72.8 Å². The van der Waals surface area contributed by atoms with Crippen LogP contribution in [0.25, 0.3) is 0 Å². The average molecular weight is 579 g/mol. The summed E-state index contributed by atoms with van der Waals surface area (Å²) in [5, 5.41) is 41.5. The summed E-state index contributed by atoms with van der Waals surface area (Å²) < 4.78 is 12.8. The number of likely N-dealkylation sites (N-methyl/N-ethyl adjacent to an activating group) is 1. The van der Waals surface area contributed by atoms with Gasteiger partial charge in [0.2, 0.25) is 5.91 Å². The molecule has 3 aromatic rings. The van der Waals surface area contributed by atoms with Crippen LogP contribution in [0.5, 0.6) is 5.75 Å². The van der Waals surface area contributed by atoms with Gasteiger partial charge in [0.05, 0.1) is 24.9 Å². The molecule has 0 aromatic heterocycles. The summed E-state index contributed by atoms with van der Waals surface area (Å²) in [6.07, 6.45) is -1.08. The Bertz CT molecular complexity index is 1310. The molecule has 224 valence electrons. The molecule has 1 aliphatic heterocycles. The van der Waals surface area contributed by atoms with Crippen molar-refractivity contribution in [2.75, 3.05) is 25.5 Å². The van der Waals surface area contributed by atoms with Gasteiger partial charge in [0.25, 0.3) is 0 Å². The number of aromatic hydroxyl groups is 1. The minimum atomic E-state index is -0.931. The molecule has 42 heavy (non-hydrogen) atoms. The van der Waals surface area contributed by atoms with E-state index in [2.05, 4.69) is 5.32 Å². The monoisotopic (exact) mass is 578 g/mol. The van der Waals surface area contributed by atoms with Gasteiger partial charge < -0.3 is 40.1 Å². The molecular formula is C32H38N2O8. The van der Waals surface area contributed by atoms with Crippen LogP contribution < -0.4 is 5.32 Å². The van der Waals surface area contributed by atoms with Gasteiger partial charge in [0.15, 0.2) is 6.29 Å². The van der Waals surface area contributed by atoms with E-state index in [1.54, 1.807) is 36.4 Å². The number of rotatable bonds is 13. The zero-order valence-electron chi connectivity index (χ0n) is 23.6. The van der Waals surface area contributed by atoms with Gasteiger partial charge in [-0.25, -0.2) is 0 Å². The van der Waals surface area contributed by atoms with E-state index in [-0.39, 0.29) is 49.7 Å². The summed E-state index contributed by atoms with van der Waals surface area (Å²) in [6, 6.07) is 21.3. The number of carbonyl (C=O) groups excluding carboxylic acids is 1. The van der Waals surface area contributed by atoms with Gasteiger partial charge >= 0.3 is 5.97 Å². The Morgan fingerprint density at radius 1 is 1.00 bits per heavy atom. The van der Waals surface area contributed by atoms with Gasteiger partial charge in [-0.15, -0.1) is 0 Å². The van der Waals surface area contributed by atoms with E-state index >= 15 is 0 Å². The molecule has 4 rings (SSSR count). The van der Waals surface area contributed by atoms with Crippen LogP contribution in [-0.2, 0) is 25.7 Å². The van der Waals surface area contributed by atoms with Gasteiger partial charge in [0.1, 0.15) is 5.75 Å². The first-order valence-electron chi connectivity index (χ1n) is 14.0. The van der Waals surface area contributed by atoms with Crippen molar-refractivity contribution in [3.8, 4) is 5.75 Å². The smallest absolute Gasteiger partial charge is 0.303 e. The second kappa shape index (κ2) is 14.9. The highest BCUT2D eigenvalue weighted by molar-refractivity contribution is 5.90. The topological polar surface area (TPSA) is 149 Å². The number of aliphatic carboxylic acids is 1. The average Bonchev–Trinajstić information content (AvgIpc) is 2.97. The fourth-order valence-corrected chi connectivity index (χ4v) is 4.94. The van der Waals surface area contributed by atoms with Gasteiger partial charge in [-0.1, -0.05) is 48.5 Å². The minimum absolute atomic E-state index is 0.0467. The second-order valence-electron chi connectivity index (χ2n) is 10.6. The molecule has 10 heteroatoms. The van der Waals surface area contributed by atoms with Crippen molar-refractivity contribution < 1.29 is 39.5 Å². The molecule has 0 radical (unpaired) electrons. The van der Waals surface area contributed by atoms with E-state index in [0.717, 1.165) is 16.7 Å². The Labute approximate surface area is 245 Å². The number of aliphatic hydroxyl groups excluding tert-OH is 2. The van der Waals surface area contributed by atoms with E-state index < -0.39 is 18.4 Å². The number of phenolic OH excluding ortho intramolecular Hbond substituents is 1. The molecule has 0 spiro atoms. The number of phenols is 1. The number of hydrogen-bond acceptors (Lipinski definition) is 8. The number of carboxylic acids is 1. The molecular weight excluding hydrogens is 540 g/mol. The number of anilines is 1. The SMILES string of the molecule is CN(C[C@@H]1C[C@H](c2ccc(CO)cc2)O[C@H](c2ccc(NC(=O)CCCC(=O)O)cc2)O1)C[C@@H](O)c1cccc(O)c1. The van der Waals surface area contributed by atoms with Crippen molar-refractivity contribution in [2.24, 2.45) is 0 Å². The predicted octanol–water partition coefficient (Wildman–Crippen LogP) is 4.29. The number of carbonyl (C=O) groups is 2. The molecule has 1 saturated heterocycles. The molecule has 1 heterocycles. The number of carboxylic acid groups (broad SMARTS) is 1. The first-order valence-corrected chi connectivity index (χ1v) is 14.0. The maximum absolute atomic E-state index is 12.2. The summed E-state index contributed by atoms with van der Waals surface area (Å²) in [7, 11) is 1.90. The van der Waals surface area contributed by atoms with Gasteiger partial charge in [-0.05, 0) is 54.4 Å². The molecule has 1 fully saturated rings.